The molecule has 2 saturated heterocycles. The first kappa shape index (κ1) is 21.1. The van der Waals surface area contributed by atoms with Gasteiger partial charge in [0.15, 0.2) is 0 Å². The van der Waals surface area contributed by atoms with Crippen LogP contribution in [0.25, 0.3) is 0 Å². The molecule has 0 spiro atoms. The number of amides is 2. The van der Waals surface area contributed by atoms with Crippen LogP contribution in [0.2, 0.25) is 0 Å². The van der Waals surface area contributed by atoms with Gasteiger partial charge in [-0.1, -0.05) is 42.5 Å². The van der Waals surface area contributed by atoms with Crippen LogP contribution in [0.15, 0.2) is 54.6 Å². The van der Waals surface area contributed by atoms with Crippen LogP contribution in [0.3, 0.4) is 0 Å². The van der Waals surface area contributed by atoms with Crippen LogP contribution in [0.5, 0.6) is 0 Å². The molecular formula is C25H29N4O2+. The number of carbonyl (C=O) groups is 2. The van der Waals surface area contributed by atoms with Gasteiger partial charge in [-0.2, -0.15) is 5.26 Å². The van der Waals surface area contributed by atoms with E-state index >= 15 is 0 Å². The van der Waals surface area contributed by atoms with Gasteiger partial charge in [-0.3, -0.25) is 9.59 Å². The molecule has 2 fully saturated rings. The van der Waals surface area contributed by atoms with Gasteiger partial charge in [0.1, 0.15) is 6.54 Å². The summed E-state index contributed by atoms with van der Waals surface area (Å²) in [6.45, 7) is 6.69. The number of likely N-dealkylation sites (tertiary alicyclic amines) is 1. The minimum absolute atomic E-state index is 0.0137. The zero-order valence-corrected chi connectivity index (χ0v) is 18.0. The average molecular weight is 418 g/mol. The molecule has 0 aromatic heterocycles. The largest absolute Gasteiger partial charge is 0.335 e. The molecule has 31 heavy (non-hydrogen) atoms. The van der Waals surface area contributed by atoms with Crippen LogP contribution in [0, 0.1) is 17.2 Å². The van der Waals surface area contributed by atoms with Crippen molar-refractivity contribution in [1.29, 1.82) is 5.26 Å². The normalized spacial score (nSPS) is 20.5. The van der Waals surface area contributed by atoms with Crippen LogP contribution in [0.1, 0.15) is 36.1 Å². The Hall–Kier alpha value is -3.17. The van der Waals surface area contributed by atoms with Crippen LogP contribution >= 0.6 is 0 Å². The second kappa shape index (κ2) is 9.32. The highest BCUT2D eigenvalue weighted by Crippen LogP contribution is 2.29. The van der Waals surface area contributed by atoms with Crippen molar-refractivity contribution in [2.24, 2.45) is 5.92 Å². The first-order valence-corrected chi connectivity index (χ1v) is 11.0. The van der Waals surface area contributed by atoms with E-state index in [1.54, 1.807) is 0 Å². The van der Waals surface area contributed by atoms with Gasteiger partial charge in [0.2, 0.25) is 11.8 Å². The number of hydrogen-bond donors (Lipinski definition) is 1. The van der Waals surface area contributed by atoms with Crippen LogP contribution in [-0.4, -0.2) is 54.3 Å². The minimum Gasteiger partial charge on any atom is -0.335 e. The number of nitrogens with zero attached hydrogens (tertiary/aromatic N) is 3. The van der Waals surface area contributed by atoms with Crippen LogP contribution in [-0.2, 0) is 16.1 Å². The SMILES string of the molecule is C[C@H](c1ccccc1)N1C[C@H](C(=O)N2CC[NH+](Cc3ccc(C#N)cc3)CC2)CC1=O. The summed E-state index contributed by atoms with van der Waals surface area (Å²) in [5.41, 5.74) is 2.99. The van der Waals surface area contributed by atoms with Crippen LogP contribution in [0.4, 0.5) is 0 Å². The number of nitriles is 1. The van der Waals surface area contributed by atoms with Crippen LogP contribution < -0.4 is 4.90 Å². The lowest BCUT2D eigenvalue weighted by Gasteiger charge is -2.33. The molecule has 6 nitrogen and oxygen atoms in total. The molecule has 2 atom stereocenters. The van der Waals surface area contributed by atoms with E-state index in [4.69, 9.17) is 5.26 Å². The summed E-state index contributed by atoms with van der Waals surface area (Å²) >= 11 is 0. The molecule has 2 aliphatic heterocycles. The lowest BCUT2D eigenvalue weighted by atomic mass is 10.1. The third-order valence-electron chi connectivity index (χ3n) is 6.58. The molecule has 2 aromatic rings. The molecule has 6 heteroatoms. The van der Waals surface area contributed by atoms with Crippen molar-refractivity contribution in [3.63, 3.8) is 0 Å². The highest BCUT2D eigenvalue weighted by molar-refractivity contribution is 5.89. The van der Waals surface area contributed by atoms with Crippen molar-refractivity contribution in [2.45, 2.75) is 25.9 Å². The predicted octanol–water partition coefficient (Wildman–Crippen LogP) is 1.40. The monoisotopic (exact) mass is 417 g/mol. The van der Waals surface area contributed by atoms with E-state index in [1.807, 2.05) is 71.3 Å². The molecule has 4 rings (SSSR count). The Labute approximate surface area is 183 Å². The smallest absolute Gasteiger partial charge is 0.228 e. The lowest BCUT2D eigenvalue weighted by Crippen LogP contribution is -3.13. The molecule has 0 bridgehead atoms. The Kier molecular flexibility index (Phi) is 6.34. The quantitative estimate of drug-likeness (QED) is 0.800. The molecule has 2 amide bonds. The van der Waals surface area contributed by atoms with E-state index in [0.717, 1.165) is 38.3 Å². The Morgan fingerprint density at radius 3 is 2.45 bits per heavy atom. The van der Waals surface area contributed by atoms with Gasteiger partial charge in [-0.05, 0) is 24.6 Å². The fraction of sp³-hybridized carbons (Fsp3) is 0.400. The van der Waals surface area contributed by atoms with E-state index in [0.29, 0.717) is 18.5 Å². The topological polar surface area (TPSA) is 68.8 Å². The third-order valence-corrected chi connectivity index (χ3v) is 6.58. The van der Waals surface area contributed by atoms with Gasteiger partial charge in [0.05, 0.1) is 49.8 Å². The highest BCUT2D eigenvalue weighted by atomic mass is 16.2. The standard InChI is InChI=1S/C25H28N4O2/c1-19(22-5-3-2-4-6-22)29-18-23(15-24(29)30)25(31)28-13-11-27(12-14-28)17-21-9-7-20(16-26)8-10-21/h2-10,19,23H,11-15,17-18H2,1H3/p+1/t19-,23-/m1/s1. The number of benzene rings is 2. The Morgan fingerprint density at radius 2 is 1.81 bits per heavy atom. The zero-order valence-electron chi connectivity index (χ0n) is 18.0. The number of hydrogen-bond acceptors (Lipinski definition) is 3. The van der Waals surface area contributed by atoms with Crippen molar-refractivity contribution >= 4 is 11.8 Å². The number of nitrogens with one attached hydrogen (secondary N) is 1. The summed E-state index contributed by atoms with van der Waals surface area (Å²) in [6.07, 6.45) is 0.314. The van der Waals surface area contributed by atoms with Crippen molar-refractivity contribution in [1.82, 2.24) is 9.80 Å². The number of carbonyl (C=O) groups excluding carboxylic acids is 2. The molecule has 0 aliphatic carbocycles. The van der Waals surface area contributed by atoms with Gasteiger partial charge in [0, 0.05) is 18.5 Å². The summed E-state index contributed by atoms with van der Waals surface area (Å²) in [7, 11) is 0. The molecule has 0 saturated carbocycles. The molecule has 1 N–H and O–H groups in total. The van der Waals surface area contributed by atoms with E-state index in [2.05, 4.69) is 6.07 Å². The predicted molar refractivity (Wildman–Crippen MR) is 117 cm³/mol. The summed E-state index contributed by atoms with van der Waals surface area (Å²) in [5, 5.41) is 8.93. The summed E-state index contributed by atoms with van der Waals surface area (Å²) in [6, 6.07) is 19.9. The molecule has 0 unspecified atom stereocenters. The third kappa shape index (κ3) is 4.78. The van der Waals surface area contributed by atoms with Crippen molar-refractivity contribution in [2.75, 3.05) is 32.7 Å². The summed E-state index contributed by atoms with van der Waals surface area (Å²) in [4.78, 5) is 30.9. The summed E-state index contributed by atoms with van der Waals surface area (Å²) < 4.78 is 0. The minimum atomic E-state index is -0.237. The van der Waals surface area contributed by atoms with Crippen molar-refractivity contribution in [3.8, 4) is 6.07 Å². The van der Waals surface area contributed by atoms with Crippen molar-refractivity contribution in [3.05, 3.63) is 71.3 Å². The molecule has 0 radical (unpaired) electrons. The van der Waals surface area contributed by atoms with Gasteiger partial charge in [-0.25, -0.2) is 0 Å². The number of piperazine rings is 1. The zero-order chi connectivity index (χ0) is 21.8. The van der Waals surface area contributed by atoms with Gasteiger partial charge >= 0.3 is 0 Å². The van der Waals surface area contributed by atoms with Gasteiger partial charge in [0.25, 0.3) is 0 Å². The number of quaternary nitrogens is 1. The van der Waals surface area contributed by atoms with E-state index in [9.17, 15) is 9.59 Å². The molecule has 160 valence electrons. The maximum Gasteiger partial charge on any atom is 0.228 e. The van der Waals surface area contributed by atoms with Crippen molar-refractivity contribution < 1.29 is 14.5 Å². The van der Waals surface area contributed by atoms with Gasteiger partial charge < -0.3 is 14.7 Å². The molecule has 2 aliphatic rings. The molecule has 2 aromatic carbocycles. The average Bonchev–Trinajstić information content (AvgIpc) is 3.21. The van der Waals surface area contributed by atoms with E-state index in [-0.39, 0.29) is 23.8 Å². The maximum atomic E-state index is 13.1. The molecular weight excluding hydrogens is 388 g/mol. The Morgan fingerprint density at radius 1 is 1.13 bits per heavy atom. The maximum absolute atomic E-state index is 13.1. The summed E-state index contributed by atoms with van der Waals surface area (Å²) in [5.74, 6) is -0.0490. The first-order chi connectivity index (χ1) is 15.0. The fourth-order valence-corrected chi connectivity index (χ4v) is 4.65. The Bertz CT molecular complexity index is 959. The first-order valence-electron chi connectivity index (χ1n) is 11.0. The second-order valence-electron chi connectivity index (χ2n) is 8.59. The van der Waals surface area contributed by atoms with Gasteiger partial charge in [-0.15, -0.1) is 0 Å². The number of rotatable bonds is 5. The molecule has 2 heterocycles. The second-order valence-corrected chi connectivity index (χ2v) is 8.59. The lowest BCUT2D eigenvalue weighted by molar-refractivity contribution is -0.917. The van der Waals surface area contributed by atoms with E-state index in [1.165, 1.54) is 10.5 Å². The highest BCUT2D eigenvalue weighted by Gasteiger charge is 2.39. The van der Waals surface area contributed by atoms with E-state index < -0.39 is 0 Å². The Balaban J connectivity index is 1.29. The fourth-order valence-electron chi connectivity index (χ4n) is 4.65.